The van der Waals surface area contributed by atoms with Crippen LogP contribution in [0.25, 0.3) is 0 Å². The van der Waals surface area contributed by atoms with E-state index in [0.717, 1.165) is 18.9 Å². The minimum absolute atomic E-state index is 0.654. The molecule has 0 amide bonds. The van der Waals surface area contributed by atoms with E-state index in [-0.39, 0.29) is 0 Å². The summed E-state index contributed by atoms with van der Waals surface area (Å²) in [5.41, 5.74) is 2.97. The van der Waals surface area contributed by atoms with Crippen LogP contribution in [0, 0.1) is 0 Å². The predicted molar refractivity (Wildman–Crippen MR) is 87.0 cm³/mol. The van der Waals surface area contributed by atoms with Crippen LogP contribution < -0.4 is 14.5 Å². The first kappa shape index (κ1) is 15.8. The maximum Gasteiger partial charge on any atom is 0.127 e. The van der Waals surface area contributed by atoms with Crippen molar-refractivity contribution in [1.82, 2.24) is 0 Å². The molecule has 1 aromatic rings. The van der Waals surface area contributed by atoms with Crippen molar-refractivity contribution in [1.29, 1.82) is 0 Å². The summed E-state index contributed by atoms with van der Waals surface area (Å²) in [6.07, 6.45) is 3.73. The molecule has 0 aromatic heterocycles. The molecular weight excluding hydrogens is 276 g/mol. The van der Waals surface area contributed by atoms with Gasteiger partial charge in [-0.25, -0.2) is 0 Å². The molecule has 1 saturated heterocycles. The number of aryl methyl sites for hydroxylation is 2. The maximum absolute atomic E-state index is 5.80. The van der Waals surface area contributed by atoms with Crippen molar-refractivity contribution >= 4 is 0 Å². The molecule has 0 atom stereocenters. The minimum Gasteiger partial charge on any atom is -0.491 e. The summed E-state index contributed by atoms with van der Waals surface area (Å²) in [6, 6.07) is 6.52. The van der Waals surface area contributed by atoms with Gasteiger partial charge in [0.2, 0.25) is 0 Å². The first-order valence-corrected chi connectivity index (χ1v) is 8.78. The normalized spacial score (nSPS) is 24.2. The second-order valence-corrected chi connectivity index (χ2v) is 6.70. The highest BCUT2D eigenvalue weighted by atomic mass is 16.5. The van der Waals surface area contributed by atoms with Gasteiger partial charge >= 0.3 is 0 Å². The van der Waals surface area contributed by atoms with Crippen LogP contribution in [0.1, 0.15) is 17.5 Å². The van der Waals surface area contributed by atoms with Crippen molar-refractivity contribution in [2.24, 2.45) is 0 Å². The third-order valence-corrected chi connectivity index (χ3v) is 4.98. The quantitative estimate of drug-likeness (QED) is 0.632. The van der Waals surface area contributed by atoms with Gasteiger partial charge in [0.15, 0.2) is 0 Å². The fourth-order valence-corrected chi connectivity index (χ4v) is 3.46. The molecule has 1 aliphatic heterocycles. The summed E-state index contributed by atoms with van der Waals surface area (Å²) >= 11 is 0. The Hall–Kier alpha value is -1.10. The first-order valence-electron chi connectivity index (χ1n) is 8.78. The molecule has 4 nitrogen and oxygen atoms in total. The smallest absolute Gasteiger partial charge is 0.127 e. The first-order chi connectivity index (χ1) is 10.8. The molecule has 1 aliphatic carbocycles. The molecule has 0 unspecified atom stereocenters. The molecule has 4 heteroatoms. The van der Waals surface area contributed by atoms with E-state index in [9.17, 15) is 0 Å². The van der Waals surface area contributed by atoms with Crippen molar-refractivity contribution in [3.05, 3.63) is 29.3 Å². The lowest BCUT2D eigenvalue weighted by Gasteiger charge is -2.27. The van der Waals surface area contributed by atoms with E-state index in [0.29, 0.717) is 13.2 Å². The SMILES string of the molecule is C[NH+]1CC[NH+](CCOCCOc2ccc3c(c2)CCC3)CC1. The lowest BCUT2D eigenvalue weighted by atomic mass is 10.1. The number of ether oxygens (including phenoxy) is 2. The van der Waals surface area contributed by atoms with Gasteiger partial charge in [0.1, 0.15) is 45.1 Å². The molecule has 1 heterocycles. The van der Waals surface area contributed by atoms with Crippen molar-refractivity contribution in [2.75, 3.05) is 59.6 Å². The van der Waals surface area contributed by atoms with E-state index in [1.165, 1.54) is 56.6 Å². The highest BCUT2D eigenvalue weighted by Crippen LogP contribution is 2.25. The van der Waals surface area contributed by atoms with Gasteiger partial charge in [-0.3, -0.25) is 0 Å². The number of hydrogen-bond donors (Lipinski definition) is 2. The Bertz CT molecular complexity index is 470. The fourth-order valence-electron chi connectivity index (χ4n) is 3.46. The second-order valence-electron chi connectivity index (χ2n) is 6.70. The molecular formula is C18H30N2O2+2. The highest BCUT2D eigenvalue weighted by molar-refractivity contribution is 5.38. The lowest BCUT2D eigenvalue weighted by Crippen LogP contribution is -3.27. The lowest BCUT2D eigenvalue weighted by molar-refractivity contribution is -1.00. The van der Waals surface area contributed by atoms with Gasteiger partial charge in [0.25, 0.3) is 0 Å². The number of piperazine rings is 1. The highest BCUT2D eigenvalue weighted by Gasteiger charge is 2.19. The summed E-state index contributed by atoms with van der Waals surface area (Å²) in [5.74, 6) is 0.997. The number of quaternary nitrogens is 2. The number of nitrogens with one attached hydrogen (secondary N) is 2. The van der Waals surface area contributed by atoms with E-state index in [2.05, 4.69) is 25.2 Å². The zero-order valence-corrected chi connectivity index (χ0v) is 13.8. The van der Waals surface area contributed by atoms with E-state index in [1.54, 1.807) is 9.80 Å². The van der Waals surface area contributed by atoms with E-state index < -0.39 is 0 Å². The molecule has 0 radical (unpaired) electrons. The molecule has 122 valence electrons. The number of likely N-dealkylation sites (N-methyl/N-ethyl adjacent to an activating group) is 1. The number of hydrogen-bond acceptors (Lipinski definition) is 2. The number of rotatable bonds is 7. The molecule has 2 aliphatic rings. The monoisotopic (exact) mass is 306 g/mol. The Labute approximate surface area is 134 Å². The Balaban J connectivity index is 1.26. The van der Waals surface area contributed by atoms with Crippen LogP contribution in [-0.4, -0.2) is 59.6 Å². The van der Waals surface area contributed by atoms with Crippen LogP contribution in [-0.2, 0) is 17.6 Å². The zero-order chi connectivity index (χ0) is 15.2. The van der Waals surface area contributed by atoms with Crippen LogP contribution in [0.4, 0.5) is 0 Å². The summed E-state index contributed by atoms with van der Waals surface area (Å²) < 4.78 is 11.5. The van der Waals surface area contributed by atoms with Crippen LogP contribution in [0.3, 0.4) is 0 Å². The summed E-state index contributed by atoms with van der Waals surface area (Å²) in [4.78, 5) is 3.34. The summed E-state index contributed by atoms with van der Waals surface area (Å²) in [6.45, 7) is 8.46. The molecule has 0 bridgehead atoms. The average Bonchev–Trinajstić information content (AvgIpc) is 3.00. The standard InChI is InChI=1S/C18H28N2O2/c1-19-7-9-20(10-8-19)11-12-21-13-14-22-18-6-5-16-3-2-4-17(16)15-18/h5-6,15H,2-4,7-14H2,1H3/p+2. The van der Waals surface area contributed by atoms with Crippen molar-refractivity contribution < 1.29 is 19.3 Å². The average molecular weight is 306 g/mol. The molecule has 1 aromatic carbocycles. The molecule has 3 rings (SSSR count). The van der Waals surface area contributed by atoms with Crippen molar-refractivity contribution in [2.45, 2.75) is 19.3 Å². The predicted octanol–water partition coefficient (Wildman–Crippen LogP) is -1.02. The van der Waals surface area contributed by atoms with Gasteiger partial charge in [-0.1, -0.05) is 6.07 Å². The Morgan fingerprint density at radius 1 is 0.955 bits per heavy atom. The maximum atomic E-state index is 5.80. The largest absolute Gasteiger partial charge is 0.491 e. The van der Waals surface area contributed by atoms with Crippen LogP contribution in [0.15, 0.2) is 18.2 Å². The topological polar surface area (TPSA) is 27.3 Å². The van der Waals surface area contributed by atoms with Crippen molar-refractivity contribution in [3.63, 3.8) is 0 Å². The molecule has 22 heavy (non-hydrogen) atoms. The Morgan fingerprint density at radius 3 is 2.64 bits per heavy atom. The zero-order valence-electron chi connectivity index (χ0n) is 13.8. The van der Waals surface area contributed by atoms with Crippen LogP contribution >= 0.6 is 0 Å². The molecule has 0 saturated carbocycles. The number of fused-ring (bicyclic) bond motifs is 1. The van der Waals surface area contributed by atoms with E-state index >= 15 is 0 Å². The van der Waals surface area contributed by atoms with E-state index in [4.69, 9.17) is 9.47 Å². The van der Waals surface area contributed by atoms with Gasteiger partial charge in [0, 0.05) is 0 Å². The van der Waals surface area contributed by atoms with Crippen LogP contribution in [0.5, 0.6) is 5.75 Å². The number of benzene rings is 1. The summed E-state index contributed by atoms with van der Waals surface area (Å²) in [5, 5.41) is 0. The second kappa shape index (κ2) is 7.95. The third kappa shape index (κ3) is 4.45. The van der Waals surface area contributed by atoms with Crippen molar-refractivity contribution in [3.8, 4) is 5.75 Å². The fraction of sp³-hybridized carbons (Fsp3) is 0.667. The summed E-state index contributed by atoms with van der Waals surface area (Å²) in [7, 11) is 2.28. The third-order valence-electron chi connectivity index (χ3n) is 4.98. The molecule has 1 fully saturated rings. The minimum atomic E-state index is 0.654. The molecule has 2 N–H and O–H groups in total. The molecule has 0 spiro atoms. The van der Waals surface area contributed by atoms with Gasteiger partial charge in [0.05, 0.1) is 20.3 Å². The van der Waals surface area contributed by atoms with Crippen LogP contribution in [0.2, 0.25) is 0 Å². The van der Waals surface area contributed by atoms with E-state index in [1.807, 2.05) is 0 Å². The van der Waals surface area contributed by atoms with Gasteiger partial charge in [-0.05, 0) is 42.5 Å². The Kier molecular flexibility index (Phi) is 5.70. The Morgan fingerprint density at radius 2 is 1.77 bits per heavy atom. The van der Waals surface area contributed by atoms with Gasteiger partial charge in [-0.2, -0.15) is 0 Å². The van der Waals surface area contributed by atoms with Gasteiger partial charge < -0.3 is 19.3 Å². The van der Waals surface area contributed by atoms with Gasteiger partial charge in [-0.15, -0.1) is 0 Å².